The van der Waals surface area contributed by atoms with Gasteiger partial charge in [-0.1, -0.05) is 64.0 Å². The summed E-state index contributed by atoms with van der Waals surface area (Å²) >= 11 is 0. The summed E-state index contributed by atoms with van der Waals surface area (Å²) in [5, 5.41) is 0. The Balaban J connectivity index is 2.14. The van der Waals surface area contributed by atoms with Crippen LogP contribution in [0.5, 0.6) is 5.75 Å². The van der Waals surface area contributed by atoms with E-state index in [2.05, 4.69) is 39.8 Å². The van der Waals surface area contributed by atoms with Crippen molar-refractivity contribution in [1.82, 2.24) is 0 Å². The Bertz CT molecular complexity index is 382. The van der Waals surface area contributed by atoms with Crippen molar-refractivity contribution in [1.29, 1.82) is 0 Å². The molecule has 0 unspecified atom stereocenters. The van der Waals surface area contributed by atoms with E-state index in [1.807, 2.05) is 0 Å². The van der Waals surface area contributed by atoms with Crippen molar-refractivity contribution in [3.8, 4) is 5.75 Å². The average molecular weight is 276 g/mol. The third-order valence-corrected chi connectivity index (χ3v) is 4.12. The number of benzene rings is 1. The van der Waals surface area contributed by atoms with Crippen LogP contribution in [-0.2, 0) is 0 Å². The number of unbranched alkanes of at least 4 members (excludes halogenated alkanes) is 7. The van der Waals surface area contributed by atoms with Gasteiger partial charge in [0.15, 0.2) is 0 Å². The highest BCUT2D eigenvalue weighted by Crippen LogP contribution is 2.25. The van der Waals surface area contributed by atoms with Crippen LogP contribution in [0.25, 0.3) is 0 Å². The van der Waals surface area contributed by atoms with Gasteiger partial charge in [0.2, 0.25) is 0 Å². The van der Waals surface area contributed by atoms with Gasteiger partial charge < -0.3 is 4.74 Å². The molecule has 20 heavy (non-hydrogen) atoms. The number of aryl methyl sites for hydroxylation is 2. The van der Waals surface area contributed by atoms with Gasteiger partial charge in [0.25, 0.3) is 0 Å². The molecule has 1 rings (SSSR count). The van der Waals surface area contributed by atoms with Crippen LogP contribution in [0.15, 0.2) is 12.1 Å². The predicted molar refractivity (Wildman–Crippen MR) is 88.8 cm³/mol. The lowest BCUT2D eigenvalue weighted by molar-refractivity contribution is 0.300. The van der Waals surface area contributed by atoms with E-state index < -0.39 is 0 Å². The lowest BCUT2D eigenvalue weighted by atomic mass is 10.1. The van der Waals surface area contributed by atoms with Gasteiger partial charge in [-0.15, -0.1) is 0 Å². The van der Waals surface area contributed by atoms with Gasteiger partial charge >= 0.3 is 0 Å². The molecule has 0 saturated carbocycles. The first-order chi connectivity index (χ1) is 9.66. The van der Waals surface area contributed by atoms with Crippen molar-refractivity contribution in [3.05, 3.63) is 28.8 Å². The molecule has 0 spiro atoms. The lowest BCUT2D eigenvalue weighted by Gasteiger charge is -2.13. The molecule has 1 aromatic rings. The first-order valence-electron chi connectivity index (χ1n) is 8.36. The maximum atomic E-state index is 5.99. The second-order valence-corrected chi connectivity index (χ2v) is 5.98. The van der Waals surface area contributed by atoms with E-state index in [-0.39, 0.29) is 0 Å². The van der Waals surface area contributed by atoms with E-state index in [1.165, 1.54) is 68.1 Å². The fraction of sp³-hybridized carbons (Fsp3) is 0.684. The number of rotatable bonds is 10. The normalized spacial score (nSPS) is 10.8. The molecule has 0 aromatic heterocycles. The zero-order chi connectivity index (χ0) is 14.8. The van der Waals surface area contributed by atoms with Crippen LogP contribution in [0.1, 0.15) is 75.0 Å². The van der Waals surface area contributed by atoms with Crippen molar-refractivity contribution < 1.29 is 4.74 Å². The fourth-order valence-electron chi connectivity index (χ4n) is 2.56. The van der Waals surface area contributed by atoms with Crippen molar-refractivity contribution in [2.45, 2.75) is 79.1 Å². The van der Waals surface area contributed by atoms with E-state index >= 15 is 0 Å². The van der Waals surface area contributed by atoms with E-state index in [9.17, 15) is 0 Å². The Morgan fingerprint density at radius 1 is 0.750 bits per heavy atom. The maximum Gasteiger partial charge on any atom is 0.125 e. The smallest absolute Gasteiger partial charge is 0.125 e. The molecule has 0 N–H and O–H groups in total. The Labute approximate surface area is 125 Å². The van der Waals surface area contributed by atoms with E-state index in [0.717, 1.165) is 12.4 Å². The Hall–Kier alpha value is -0.980. The fourth-order valence-corrected chi connectivity index (χ4v) is 2.56. The molecule has 0 amide bonds. The summed E-state index contributed by atoms with van der Waals surface area (Å²) in [6, 6.07) is 4.33. The summed E-state index contributed by atoms with van der Waals surface area (Å²) in [5.74, 6) is 1.10. The van der Waals surface area contributed by atoms with Gasteiger partial charge in [0.1, 0.15) is 5.75 Å². The van der Waals surface area contributed by atoms with Crippen LogP contribution in [0.3, 0.4) is 0 Å². The molecule has 1 heteroatoms. The minimum Gasteiger partial charge on any atom is -0.493 e. The third kappa shape index (κ3) is 5.98. The van der Waals surface area contributed by atoms with E-state index in [4.69, 9.17) is 4.74 Å². The minimum absolute atomic E-state index is 0.861. The second-order valence-electron chi connectivity index (χ2n) is 5.98. The molecule has 0 aliphatic rings. The summed E-state index contributed by atoms with van der Waals surface area (Å²) in [6.45, 7) is 9.57. The molecule has 0 aliphatic carbocycles. The van der Waals surface area contributed by atoms with E-state index in [1.54, 1.807) is 0 Å². The lowest BCUT2D eigenvalue weighted by Crippen LogP contribution is -2.01. The SMILES string of the molecule is CCCCCCCCCCOc1c(C)ccc(C)c1C. The summed E-state index contributed by atoms with van der Waals surface area (Å²) in [7, 11) is 0. The van der Waals surface area contributed by atoms with Gasteiger partial charge in [0, 0.05) is 0 Å². The van der Waals surface area contributed by atoms with Crippen LogP contribution < -0.4 is 4.74 Å². The monoisotopic (exact) mass is 276 g/mol. The summed E-state index contributed by atoms with van der Waals surface area (Å²) in [4.78, 5) is 0. The Morgan fingerprint density at radius 3 is 1.95 bits per heavy atom. The van der Waals surface area contributed by atoms with Crippen molar-refractivity contribution in [2.75, 3.05) is 6.61 Å². The van der Waals surface area contributed by atoms with Crippen molar-refractivity contribution >= 4 is 0 Å². The highest BCUT2D eigenvalue weighted by molar-refractivity contribution is 5.44. The third-order valence-electron chi connectivity index (χ3n) is 4.12. The van der Waals surface area contributed by atoms with Crippen LogP contribution in [-0.4, -0.2) is 6.61 Å². The summed E-state index contributed by atoms with van der Waals surface area (Å²) in [6.07, 6.45) is 10.8. The van der Waals surface area contributed by atoms with Crippen LogP contribution in [0.4, 0.5) is 0 Å². The molecular formula is C19H32O. The number of ether oxygens (including phenoxy) is 1. The largest absolute Gasteiger partial charge is 0.493 e. The molecule has 0 atom stereocenters. The molecule has 0 radical (unpaired) electrons. The molecule has 0 fully saturated rings. The Morgan fingerprint density at radius 2 is 1.30 bits per heavy atom. The van der Waals surface area contributed by atoms with Crippen molar-refractivity contribution in [3.63, 3.8) is 0 Å². The molecule has 0 aliphatic heterocycles. The molecule has 1 nitrogen and oxygen atoms in total. The van der Waals surface area contributed by atoms with Gasteiger partial charge in [-0.05, 0) is 43.9 Å². The van der Waals surface area contributed by atoms with Crippen LogP contribution in [0, 0.1) is 20.8 Å². The topological polar surface area (TPSA) is 9.23 Å². The van der Waals surface area contributed by atoms with Gasteiger partial charge in [-0.2, -0.15) is 0 Å². The molecular weight excluding hydrogens is 244 g/mol. The molecule has 114 valence electrons. The summed E-state index contributed by atoms with van der Waals surface area (Å²) < 4.78 is 5.99. The van der Waals surface area contributed by atoms with Crippen LogP contribution in [0.2, 0.25) is 0 Å². The first kappa shape index (κ1) is 17.1. The molecule has 0 bridgehead atoms. The maximum absolute atomic E-state index is 5.99. The predicted octanol–water partition coefficient (Wildman–Crippen LogP) is 6.13. The summed E-state index contributed by atoms with van der Waals surface area (Å²) in [5.41, 5.74) is 3.87. The Kier molecular flexibility index (Phi) is 8.41. The highest BCUT2D eigenvalue weighted by atomic mass is 16.5. The second kappa shape index (κ2) is 9.85. The van der Waals surface area contributed by atoms with Gasteiger partial charge in [-0.3, -0.25) is 0 Å². The quantitative estimate of drug-likeness (QED) is 0.467. The standard InChI is InChI=1S/C19H32O/c1-5-6-7-8-9-10-11-12-15-20-19-17(3)14-13-16(2)18(19)4/h13-14H,5-12,15H2,1-4H3. The van der Waals surface area contributed by atoms with Crippen molar-refractivity contribution in [2.24, 2.45) is 0 Å². The molecule has 1 aromatic carbocycles. The zero-order valence-corrected chi connectivity index (χ0v) is 13.9. The van der Waals surface area contributed by atoms with Gasteiger partial charge in [0.05, 0.1) is 6.61 Å². The van der Waals surface area contributed by atoms with Gasteiger partial charge in [-0.25, -0.2) is 0 Å². The molecule has 0 saturated heterocycles. The number of hydrogen-bond acceptors (Lipinski definition) is 1. The van der Waals surface area contributed by atoms with E-state index in [0.29, 0.717) is 0 Å². The minimum atomic E-state index is 0.861. The average Bonchev–Trinajstić information content (AvgIpc) is 2.44. The van der Waals surface area contributed by atoms with Crippen LogP contribution >= 0.6 is 0 Å². The highest BCUT2D eigenvalue weighted by Gasteiger charge is 2.05. The first-order valence-corrected chi connectivity index (χ1v) is 8.36. The number of hydrogen-bond donors (Lipinski definition) is 0. The molecule has 0 heterocycles. The zero-order valence-electron chi connectivity index (χ0n) is 13.9.